The molecule has 0 amide bonds. The number of aromatic nitrogens is 1. The van der Waals surface area contributed by atoms with Crippen molar-refractivity contribution in [3.63, 3.8) is 0 Å². The van der Waals surface area contributed by atoms with Crippen LogP contribution in [-0.2, 0) is 6.54 Å². The lowest BCUT2D eigenvalue weighted by atomic mass is 10.3. The van der Waals surface area contributed by atoms with Gasteiger partial charge in [0.05, 0.1) is 0 Å². The fraction of sp³-hybridized carbons (Fsp3) is 0.444. The van der Waals surface area contributed by atoms with Gasteiger partial charge < -0.3 is 5.32 Å². The van der Waals surface area contributed by atoms with Crippen LogP contribution in [0.15, 0.2) is 22.9 Å². The third-order valence-electron chi connectivity index (χ3n) is 1.93. The van der Waals surface area contributed by atoms with Crippen molar-refractivity contribution >= 4 is 15.9 Å². The second-order valence-corrected chi connectivity index (χ2v) is 4.08. The molecule has 0 spiro atoms. The van der Waals surface area contributed by atoms with Crippen LogP contribution in [0.3, 0.4) is 0 Å². The van der Waals surface area contributed by atoms with Crippen LogP contribution in [0.25, 0.3) is 0 Å². The zero-order valence-electron chi connectivity index (χ0n) is 6.76. The molecule has 1 aromatic heterocycles. The number of hydrogen-bond acceptors (Lipinski definition) is 2. The van der Waals surface area contributed by atoms with Gasteiger partial charge in [-0.25, -0.2) is 0 Å². The van der Waals surface area contributed by atoms with Crippen LogP contribution in [0, 0.1) is 0 Å². The van der Waals surface area contributed by atoms with E-state index in [2.05, 4.69) is 32.3 Å². The van der Waals surface area contributed by atoms with Gasteiger partial charge in [0.1, 0.15) is 0 Å². The molecule has 1 aliphatic rings. The van der Waals surface area contributed by atoms with Gasteiger partial charge in [0.2, 0.25) is 0 Å². The molecule has 1 N–H and O–H groups in total. The van der Waals surface area contributed by atoms with Crippen LogP contribution >= 0.6 is 15.9 Å². The lowest BCUT2D eigenvalue weighted by molar-refractivity contribution is 0.685. The summed E-state index contributed by atoms with van der Waals surface area (Å²) in [5, 5.41) is 3.44. The Kier molecular flexibility index (Phi) is 2.42. The van der Waals surface area contributed by atoms with Gasteiger partial charge in [-0.2, -0.15) is 0 Å². The average Bonchev–Trinajstić information content (AvgIpc) is 2.84. The summed E-state index contributed by atoms with van der Waals surface area (Å²) >= 11 is 3.39. The quantitative estimate of drug-likeness (QED) is 0.855. The zero-order chi connectivity index (χ0) is 8.39. The summed E-state index contributed by atoms with van der Waals surface area (Å²) in [4.78, 5) is 4.10. The summed E-state index contributed by atoms with van der Waals surface area (Å²) in [7, 11) is 0. The maximum Gasteiger partial charge on any atom is 0.0410 e. The summed E-state index contributed by atoms with van der Waals surface area (Å²) in [6.45, 7) is 0.942. The molecule has 0 unspecified atom stereocenters. The predicted molar refractivity (Wildman–Crippen MR) is 51.8 cm³/mol. The highest BCUT2D eigenvalue weighted by molar-refractivity contribution is 9.10. The Bertz CT molecular complexity index is 271. The van der Waals surface area contributed by atoms with Gasteiger partial charge in [-0.15, -0.1) is 0 Å². The highest BCUT2D eigenvalue weighted by Gasteiger charge is 2.19. The summed E-state index contributed by atoms with van der Waals surface area (Å²) in [5.41, 5.74) is 1.25. The molecule has 1 aromatic rings. The summed E-state index contributed by atoms with van der Waals surface area (Å²) in [6, 6.07) is 2.87. The third kappa shape index (κ3) is 2.29. The average molecular weight is 227 g/mol. The van der Waals surface area contributed by atoms with E-state index >= 15 is 0 Å². The van der Waals surface area contributed by atoms with Crippen LogP contribution in [0.1, 0.15) is 18.4 Å². The fourth-order valence-corrected chi connectivity index (χ4v) is 1.51. The molecule has 2 rings (SSSR count). The fourth-order valence-electron chi connectivity index (χ4n) is 1.10. The lowest BCUT2D eigenvalue weighted by Gasteiger charge is -2.01. The van der Waals surface area contributed by atoms with E-state index in [-0.39, 0.29) is 0 Å². The molecular formula is C9H11BrN2. The molecule has 1 aliphatic carbocycles. The first kappa shape index (κ1) is 8.20. The molecule has 1 saturated carbocycles. The topological polar surface area (TPSA) is 24.9 Å². The van der Waals surface area contributed by atoms with Gasteiger partial charge in [0, 0.05) is 29.5 Å². The maximum atomic E-state index is 4.10. The van der Waals surface area contributed by atoms with Crippen molar-refractivity contribution in [2.24, 2.45) is 0 Å². The zero-order valence-corrected chi connectivity index (χ0v) is 8.34. The normalized spacial score (nSPS) is 16.4. The van der Waals surface area contributed by atoms with E-state index in [0.29, 0.717) is 0 Å². The number of nitrogens with one attached hydrogen (secondary N) is 1. The number of nitrogens with zero attached hydrogens (tertiary/aromatic N) is 1. The molecule has 0 radical (unpaired) electrons. The van der Waals surface area contributed by atoms with Crippen molar-refractivity contribution in [2.45, 2.75) is 25.4 Å². The standard InChI is InChI=1S/C9H11BrN2/c10-8-3-7(4-11-6-8)5-12-9-1-2-9/h3-4,6,9,12H,1-2,5H2. The molecule has 0 saturated heterocycles. The van der Waals surface area contributed by atoms with Gasteiger partial charge in [-0.05, 0) is 40.4 Å². The van der Waals surface area contributed by atoms with Crippen molar-refractivity contribution < 1.29 is 0 Å². The first-order valence-electron chi connectivity index (χ1n) is 4.17. The lowest BCUT2D eigenvalue weighted by Crippen LogP contribution is -2.15. The Morgan fingerprint density at radius 1 is 1.50 bits per heavy atom. The Labute approximate surface area is 80.5 Å². The highest BCUT2D eigenvalue weighted by atomic mass is 79.9. The molecule has 2 nitrogen and oxygen atoms in total. The van der Waals surface area contributed by atoms with E-state index < -0.39 is 0 Å². The molecule has 12 heavy (non-hydrogen) atoms. The first-order chi connectivity index (χ1) is 5.84. The van der Waals surface area contributed by atoms with Crippen LogP contribution in [0.2, 0.25) is 0 Å². The summed E-state index contributed by atoms with van der Waals surface area (Å²) in [6.07, 6.45) is 6.38. The van der Waals surface area contributed by atoms with Crippen LogP contribution in [0.5, 0.6) is 0 Å². The molecular weight excluding hydrogens is 216 g/mol. The van der Waals surface area contributed by atoms with Crippen LogP contribution in [0.4, 0.5) is 0 Å². The minimum absolute atomic E-state index is 0.768. The van der Waals surface area contributed by atoms with Gasteiger partial charge in [-0.3, -0.25) is 4.98 Å². The summed E-state index contributed by atoms with van der Waals surface area (Å²) < 4.78 is 1.05. The van der Waals surface area contributed by atoms with Crippen molar-refractivity contribution in [1.29, 1.82) is 0 Å². The second kappa shape index (κ2) is 3.54. The number of hydrogen-bond donors (Lipinski definition) is 1. The molecule has 0 bridgehead atoms. The van der Waals surface area contributed by atoms with Crippen LogP contribution < -0.4 is 5.32 Å². The molecule has 0 aromatic carbocycles. The van der Waals surface area contributed by atoms with E-state index in [1.807, 2.05) is 6.20 Å². The first-order valence-corrected chi connectivity index (χ1v) is 4.97. The van der Waals surface area contributed by atoms with Crippen molar-refractivity contribution in [2.75, 3.05) is 0 Å². The molecule has 64 valence electrons. The second-order valence-electron chi connectivity index (χ2n) is 3.17. The molecule has 1 fully saturated rings. The Hall–Kier alpha value is -0.410. The minimum Gasteiger partial charge on any atom is -0.310 e. The van der Waals surface area contributed by atoms with Crippen molar-refractivity contribution in [3.05, 3.63) is 28.5 Å². The Morgan fingerprint density at radius 3 is 3.00 bits per heavy atom. The molecule has 0 aliphatic heterocycles. The van der Waals surface area contributed by atoms with E-state index in [4.69, 9.17) is 0 Å². The monoisotopic (exact) mass is 226 g/mol. The number of pyridine rings is 1. The Balaban J connectivity index is 1.92. The van der Waals surface area contributed by atoms with Crippen LogP contribution in [-0.4, -0.2) is 11.0 Å². The highest BCUT2D eigenvalue weighted by Crippen LogP contribution is 2.19. The van der Waals surface area contributed by atoms with E-state index in [0.717, 1.165) is 17.1 Å². The van der Waals surface area contributed by atoms with Gasteiger partial charge in [0.25, 0.3) is 0 Å². The largest absolute Gasteiger partial charge is 0.310 e. The van der Waals surface area contributed by atoms with E-state index in [1.54, 1.807) is 6.20 Å². The van der Waals surface area contributed by atoms with Gasteiger partial charge in [-0.1, -0.05) is 0 Å². The van der Waals surface area contributed by atoms with E-state index in [9.17, 15) is 0 Å². The Morgan fingerprint density at radius 2 is 2.33 bits per heavy atom. The number of halogens is 1. The minimum atomic E-state index is 0.768. The predicted octanol–water partition coefficient (Wildman–Crippen LogP) is 2.10. The summed E-state index contributed by atoms with van der Waals surface area (Å²) in [5.74, 6) is 0. The molecule has 1 heterocycles. The van der Waals surface area contributed by atoms with Gasteiger partial charge in [0.15, 0.2) is 0 Å². The maximum absolute atomic E-state index is 4.10. The van der Waals surface area contributed by atoms with E-state index in [1.165, 1.54) is 18.4 Å². The van der Waals surface area contributed by atoms with Gasteiger partial charge >= 0.3 is 0 Å². The SMILES string of the molecule is Brc1cncc(CNC2CC2)c1. The molecule has 3 heteroatoms. The van der Waals surface area contributed by atoms with Crippen molar-refractivity contribution in [1.82, 2.24) is 10.3 Å². The molecule has 0 atom stereocenters. The smallest absolute Gasteiger partial charge is 0.0410 e. The van der Waals surface area contributed by atoms with Crippen molar-refractivity contribution in [3.8, 4) is 0 Å². The number of rotatable bonds is 3. The third-order valence-corrected chi connectivity index (χ3v) is 2.37.